The molecule has 0 saturated carbocycles. The summed E-state index contributed by atoms with van der Waals surface area (Å²) in [4.78, 5) is 12.6. The van der Waals surface area contributed by atoms with Crippen LogP contribution >= 0.6 is 66.3 Å². The number of thiophene rings is 1. The minimum absolute atomic E-state index is 0.167. The molecule has 0 saturated heterocycles. The molecule has 2 aromatic rings. The lowest BCUT2D eigenvalue weighted by molar-refractivity contribution is 0.103. The molecular weight excluding hydrogens is 434 g/mol. The molecule has 0 atom stereocenters. The zero-order chi connectivity index (χ0) is 13.8. The highest BCUT2D eigenvalue weighted by atomic mass is 79.9. The van der Waals surface area contributed by atoms with Crippen molar-refractivity contribution >= 4 is 77.3 Å². The summed E-state index contributed by atoms with van der Waals surface area (Å²) in [6.45, 7) is 2.11. The van der Waals surface area contributed by atoms with Crippen molar-refractivity contribution < 1.29 is 4.79 Å². The largest absolute Gasteiger partial charge is 0.296 e. The number of nitrogens with one attached hydrogen (secondary N) is 1. The topological polar surface area (TPSA) is 54.9 Å². The average Bonchev–Trinajstić information content (AvgIpc) is 2.95. The Balaban J connectivity index is 2.00. The lowest BCUT2D eigenvalue weighted by atomic mass is 10.4. The van der Waals surface area contributed by atoms with E-state index in [0.717, 1.165) is 24.8 Å². The predicted molar refractivity (Wildman–Crippen MR) is 88.6 cm³/mol. The summed E-state index contributed by atoms with van der Waals surface area (Å²) in [7, 11) is 0. The number of carbonyl (C=O) groups excluding carboxylic acids is 1. The zero-order valence-corrected chi connectivity index (χ0v) is 15.4. The summed E-state index contributed by atoms with van der Waals surface area (Å²) < 4.78 is 2.65. The lowest BCUT2D eigenvalue weighted by Gasteiger charge is -1.96. The summed E-state index contributed by atoms with van der Waals surface area (Å²) in [5, 5.41) is 11.3. The molecule has 19 heavy (non-hydrogen) atoms. The first kappa shape index (κ1) is 15.4. The van der Waals surface area contributed by atoms with E-state index in [-0.39, 0.29) is 5.91 Å². The van der Waals surface area contributed by atoms with Gasteiger partial charge in [-0.2, -0.15) is 0 Å². The van der Waals surface area contributed by atoms with Crippen LogP contribution in [0.15, 0.2) is 18.7 Å². The van der Waals surface area contributed by atoms with Gasteiger partial charge in [-0.1, -0.05) is 30.0 Å². The highest BCUT2D eigenvalue weighted by molar-refractivity contribution is 9.13. The number of rotatable bonds is 5. The second kappa shape index (κ2) is 7.16. The van der Waals surface area contributed by atoms with E-state index in [1.165, 1.54) is 22.7 Å². The van der Waals surface area contributed by atoms with Crippen molar-refractivity contribution in [2.75, 3.05) is 11.1 Å². The average molecular weight is 443 g/mol. The summed E-state index contributed by atoms with van der Waals surface area (Å²) in [6.07, 6.45) is 1.09. The molecule has 2 rings (SSSR count). The van der Waals surface area contributed by atoms with Gasteiger partial charge in [0.2, 0.25) is 5.13 Å². The molecular formula is C10H9Br2N3OS3. The molecule has 0 spiro atoms. The van der Waals surface area contributed by atoms with Gasteiger partial charge in [-0.3, -0.25) is 10.1 Å². The van der Waals surface area contributed by atoms with Gasteiger partial charge in [0.25, 0.3) is 5.91 Å². The molecule has 0 fully saturated rings. The third kappa shape index (κ3) is 4.25. The molecule has 0 unspecified atom stereocenters. The standard InChI is InChI=1S/C10H9Br2N3OS3/c1-2-3-17-10-15-14-9(19-10)13-8(16)6-4-5(11)7(12)18-6/h4H,2-3H2,1H3,(H,13,14,16). The quantitative estimate of drug-likeness (QED) is 0.529. The van der Waals surface area contributed by atoms with Crippen LogP contribution in [0.2, 0.25) is 0 Å². The first-order chi connectivity index (χ1) is 9.10. The van der Waals surface area contributed by atoms with E-state index < -0.39 is 0 Å². The number of amides is 1. The van der Waals surface area contributed by atoms with Gasteiger partial charge in [0, 0.05) is 10.2 Å². The SMILES string of the molecule is CCCSc1nnc(NC(=O)c2cc(Br)c(Br)s2)s1. The molecule has 4 nitrogen and oxygen atoms in total. The Labute approximate surface area is 139 Å². The van der Waals surface area contributed by atoms with Crippen LogP contribution in [0.4, 0.5) is 5.13 Å². The fourth-order valence-electron chi connectivity index (χ4n) is 1.13. The molecule has 2 heterocycles. The highest BCUT2D eigenvalue weighted by Gasteiger charge is 2.14. The Kier molecular flexibility index (Phi) is 5.82. The second-order valence-electron chi connectivity index (χ2n) is 3.41. The van der Waals surface area contributed by atoms with Crippen LogP contribution in [0.1, 0.15) is 23.0 Å². The molecule has 0 bridgehead atoms. The molecule has 0 aliphatic carbocycles. The number of halogens is 2. The molecule has 2 aromatic heterocycles. The fraction of sp³-hybridized carbons (Fsp3) is 0.300. The Morgan fingerprint density at radius 1 is 1.42 bits per heavy atom. The van der Waals surface area contributed by atoms with Crippen molar-refractivity contribution in [2.24, 2.45) is 0 Å². The third-order valence-corrected chi connectivity index (χ3v) is 7.36. The Morgan fingerprint density at radius 2 is 2.21 bits per heavy atom. The molecule has 9 heteroatoms. The van der Waals surface area contributed by atoms with Crippen molar-refractivity contribution in [3.05, 3.63) is 19.2 Å². The van der Waals surface area contributed by atoms with Crippen LogP contribution in [0.5, 0.6) is 0 Å². The summed E-state index contributed by atoms with van der Waals surface area (Å²) in [5.41, 5.74) is 0. The van der Waals surface area contributed by atoms with E-state index in [9.17, 15) is 4.79 Å². The Bertz CT molecular complexity index is 565. The maximum atomic E-state index is 12.0. The van der Waals surface area contributed by atoms with E-state index in [1.807, 2.05) is 0 Å². The van der Waals surface area contributed by atoms with Crippen LogP contribution < -0.4 is 5.32 Å². The number of hydrogen-bond donors (Lipinski definition) is 1. The van der Waals surface area contributed by atoms with Gasteiger partial charge in [0.1, 0.15) is 0 Å². The first-order valence-corrected chi connectivity index (χ1v) is 9.53. The second-order valence-corrected chi connectivity index (χ2v) is 8.95. The number of carbonyl (C=O) groups is 1. The number of thioether (sulfide) groups is 1. The third-order valence-electron chi connectivity index (χ3n) is 1.93. The predicted octanol–water partition coefficient (Wildman–Crippen LogP) is 4.88. The molecule has 102 valence electrons. The molecule has 0 aliphatic heterocycles. The molecule has 1 N–H and O–H groups in total. The van der Waals surface area contributed by atoms with Crippen LogP contribution in [0.3, 0.4) is 0 Å². The molecule has 0 aliphatic rings. The Morgan fingerprint density at radius 3 is 2.84 bits per heavy atom. The van der Waals surface area contributed by atoms with E-state index in [0.29, 0.717) is 10.0 Å². The van der Waals surface area contributed by atoms with Gasteiger partial charge in [0.15, 0.2) is 4.34 Å². The van der Waals surface area contributed by atoms with Crippen molar-refractivity contribution in [1.82, 2.24) is 10.2 Å². The van der Waals surface area contributed by atoms with Gasteiger partial charge in [0.05, 0.1) is 8.66 Å². The number of aromatic nitrogens is 2. The zero-order valence-electron chi connectivity index (χ0n) is 9.77. The first-order valence-electron chi connectivity index (χ1n) is 5.32. The number of hydrogen-bond acceptors (Lipinski definition) is 6. The maximum absolute atomic E-state index is 12.0. The van der Waals surface area contributed by atoms with Crippen molar-refractivity contribution in [3.63, 3.8) is 0 Å². The van der Waals surface area contributed by atoms with Gasteiger partial charge >= 0.3 is 0 Å². The molecule has 0 radical (unpaired) electrons. The van der Waals surface area contributed by atoms with Crippen molar-refractivity contribution in [1.29, 1.82) is 0 Å². The minimum Gasteiger partial charge on any atom is -0.296 e. The van der Waals surface area contributed by atoms with Gasteiger partial charge in [-0.25, -0.2) is 0 Å². The smallest absolute Gasteiger partial charge is 0.267 e. The van der Waals surface area contributed by atoms with Crippen LogP contribution in [0.25, 0.3) is 0 Å². The number of nitrogens with zero attached hydrogens (tertiary/aromatic N) is 2. The van der Waals surface area contributed by atoms with Crippen molar-refractivity contribution in [3.8, 4) is 0 Å². The van der Waals surface area contributed by atoms with Crippen LogP contribution in [-0.4, -0.2) is 21.9 Å². The van der Waals surface area contributed by atoms with E-state index in [1.54, 1.807) is 17.8 Å². The van der Waals surface area contributed by atoms with E-state index in [4.69, 9.17) is 0 Å². The van der Waals surface area contributed by atoms with Crippen molar-refractivity contribution in [2.45, 2.75) is 17.7 Å². The van der Waals surface area contributed by atoms with Gasteiger partial charge < -0.3 is 0 Å². The molecule has 0 aromatic carbocycles. The van der Waals surface area contributed by atoms with Crippen LogP contribution in [-0.2, 0) is 0 Å². The summed E-state index contributed by atoms with van der Waals surface area (Å²) in [6, 6.07) is 1.78. The summed E-state index contributed by atoms with van der Waals surface area (Å²) in [5.74, 6) is 0.840. The number of anilines is 1. The monoisotopic (exact) mass is 441 g/mol. The van der Waals surface area contributed by atoms with E-state index in [2.05, 4.69) is 54.3 Å². The maximum Gasteiger partial charge on any atom is 0.267 e. The normalized spacial score (nSPS) is 10.7. The van der Waals surface area contributed by atoms with Gasteiger partial charge in [-0.15, -0.1) is 21.5 Å². The minimum atomic E-state index is -0.167. The van der Waals surface area contributed by atoms with E-state index >= 15 is 0 Å². The molecule has 1 amide bonds. The lowest BCUT2D eigenvalue weighted by Crippen LogP contribution is -2.09. The summed E-state index contributed by atoms with van der Waals surface area (Å²) >= 11 is 11.1. The fourth-order valence-corrected chi connectivity index (χ4v) is 4.73. The Hall–Kier alpha value is 0.0400. The van der Waals surface area contributed by atoms with Gasteiger partial charge in [-0.05, 0) is 44.3 Å². The highest BCUT2D eigenvalue weighted by Crippen LogP contribution is 2.33. The van der Waals surface area contributed by atoms with Crippen LogP contribution in [0, 0.1) is 0 Å².